The molecule has 1 heterocycles. The molecule has 0 aromatic heterocycles. The van der Waals surface area contributed by atoms with Gasteiger partial charge in [-0.05, 0) is 25.3 Å². The van der Waals surface area contributed by atoms with Crippen LogP contribution in [0.15, 0.2) is 0 Å². The highest BCUT2D eigenvalue weighted by Crippen LogP contribution is 2.18. The Morgan fingerprint density at radius 3 is 2.25 bits per heavy atom. The minimum atomic E-state index is -4.47. The summed E-state index contributed by atoms with van der Waals surface area (Å²) in [5, 5.41) is 0. The second kappa shape index (κ2) is 3.68. The molecule has 0 saturated carbocycles. The van der Waals surface area contributed by atoms with Gasteiger partial charge in [-0.3, -0.25) is 0 Å². The summed E-state index contributed by atoms with van der Waals surface area (Å²) >= 11 is 0. The van der Waals surface area contributed by atoms with Gasteiger partial charge in [0.15, 0.2) is 0 Å². The van der Waals surface area contributed by atoms with Crippen LogP contribution in [-0.2, 0) is 10.4 Å². The summed E-state index contributed by atoms with van der Waals surface area (Å²) in [6.45, 7) is 1.08. The Labute approximate surface area is 71.9 Å². The minimum absolute atomic E-state index is 0.265. The molecule has 0 radical (unpaired) electrons. The second-order valence-electron chi connectivity index (χ2n) is 3.02. The first-order chi connectivity index (χ1) is 5.54. The van der Waals surface area contributed by atoms with E-state index in [0.717, 1.165) is 4.31 Å². The van der Waals surface area contributed by atoms with Gasteiger partial charge in [-0.2, -0.15) is 12.7 Å². The van der Waals surface area contributed by atoms with Crippen molar-refractivity contribution in [2.24, 2.45) is 11.7 Å². The smallest absolute Gasteiger partial charge is 0.330 e. The maximum atomic E-state index is 12.4. The van der Waals surface area contributed by atoms with E-state index in [1.54, 1.807) is 0 Å². The predicted molar refractivity (Wildman–Crippen MR) is 43.4 cm³/mol. The minimum Gasteiger partial charge on any atom is -0.330 e. The molecule has 1 fully saturated rings. The zero-order valence-corrected chi connectivity index (χ0v) is 7.56. The van der Waals surface area contributed by atoms with Crippen LogP contribution < -0.4 is 5.73 Å². The highest BCUT2D eigenvalue weighted by atomic mass is 32.3. The van der Waals surface area contributed by atoms with Crippen LogP contribution in [0.25, 0.3) is 0 Å². The first-order valence-corrected chi connectivity index (χ1v) is 5.28. The number of rotatable bonds is 2. The van der Waals surface area contributed by atoms with Crippen molar-refractivity contribution in [1.29, 1.82) is 0 Å². The maximum Gasteiger partial charge on any atom is 0.374 e. The molecule has 0 atom stereocenters. The molecule has 0 aromatic rings. The Bertz CT molecular complexity index is 234. The number of nitrogens with two attached hydrogens (primary N) is 1. The van der Waals surface area contributed by atoms with Gasteiger partial charge in [0.25, 0.3) is 0 Å². The molecule has 1 aliphatic heterocycles. The van der Waals surface area contributed by atoms with Crippen molar-refractivity contribution in [2.45, 2.75) is 12.8 Å². The molecule has 2 N–H and O–H groups in total. The van der Waals surface area contributed by atoms with Gasteiger partial charge < -0.3 is 5.73 Å². The standard InChI is InChI=1S/C6H13FN2O2S/c7-12(10,11)9-3-1-6(5-8)2-4-9/h6H,1-5,8H2. The Morgan fingerprint density at radius 1 is 1.42 bits per heavy atom. The molecule has 0 bridgehead atoms. The number of hydrogen-bond donors (Lipinski definition) is 1. The third-order valence-electron chi connectivity index (χ3n) is 2.22. The summed E-state index contributed by atoms with van der Waals surface area (Å²) in [6.07, 6.45) is 1.33. The van der Waals surface area contributed by atoms with Crippen LogP contribution in [0.1, 0.15) is 12.8 Å². The maximum absolute atomic E-state index is 12.4. The molecule has 0 amide bonds. The van der Waals surface area contributed by atoms with Gasteiger partial charge in [-0.1, -0.05) is 3.89 Å². The highest BCUT2D eigenvalue weighted by molar-refractivity contribution is 7.83. The summed E-state index contributed by atoms with van der Waals surface area (Å²) in [6, 6.07) is 0. The lowest BCUT2D eigenvalue weighted by atomic mass is 9.99. The summed E-state index contributed by atoms with van der Waals surface area (Å²) in [5.74, 6) is 0.350. The molecule has 72 valence electrons. The zero-order chi connectivity index (χ0) is 9.19. The van der Waals surface area contributed by atoms with E-state index < -0.39 is 10.4 Å². The van der Waals surface area contributed by atoms with Crippen molar-refractivity contribution in [3.05, 3.63) is 0 Å². The average molecular weight is 196 g/mol. The van der Waals surface area contributed by atoms with Gasteiger partial charge in [-0.25, -0.2) is 0 Å². The van der Waals surface area contributed by atoms with Crippen LogP contribution in [0, 0.1) is 5.92 Å². The lowest BCUT2D eigenvalue weighted by Crippen LogP contribution is -2.38. The molecule has 0 aliphatic carbocycles. The van der Waals surface area contributed by atoms with Gasteiger partial charge in [0.1, 0.15) is 0 Å². The van der Waals surface area contributed by atoms with Crippen molar-refractivity contribution in [1.82, 2.24) is 4.31 Å². The van der Waals surface area contributed by atoms with Crippen molar-refractivity contribution >= 4 is 10.4 Å². The van der Waals surface area contributed by atoms with Crippen LogP contribution in [0.3, 0.4) is 0 Å². The van der Waals surface area contributed by atoms with E-state index in [-0.39, 0.29) is 13.1 Å². The molecular formula is C6H13FN2O2S. The highest BCUT2D eigenvalue weighted by Gasteiger charge is 2.26. The lowest BCUT2D eigenvalue weighted by molar-refractivity contribution is 0.269. The van der Waals surface area contributed by atoms with E-state index in [4.69, 9.17) is 5.73 Å². The molecule has 6 heteroatoms. The fourth-order valence-electron chi connectivity index (χ4n) is 1.36. The molecule has 0 spiro atoms. The van der Waals surface area contributed by atoms with Gasteiger partial charge in [0.05, 0.1) is 0 Å². The van der Waals surface area contributed by atoms with Crippen molar-refractivity contribution in [2.75, 3.05) is 19.6 Å². The van der Waals surface area contributed by atoms with Gasteiger partial charge in [0, 0.05) is 13.1 Å². The molecule has 1 aliphatic rings. The van der Waals surface area contributed by atoms with Crippen LogP contribution in [0.4, 0.5) is 3.89 Å². The monoisotopic (exact) mass is 196 g/mol. The van der Waals surface area contributed by atoms with E-state index in [1.807, 2.05) is 0 Å². The van der Waals surface area contributed by atoms with Gasteiger partial charge in [-0.15, -0.1) is 0 Å². The molecule has 1 saturated heterocycles. The zero-order valence-electron chi connectivity index (χ0n) is 6.74. The SMILES string of the molecule is NCC1CCN(S(=O)(=O)F)CC1. The lowest BCUT2D eigenvalue weighted by Gasteiger charge is -2.27. The fourth-order valence-corrected chi connectivity index (χ4v) is 2.01. The number of hydrogen-bond acceptors (Lipinski definition) is 3. The molecule has 1 rings (SSSR count). The van der Waals surface area contributed by atoms with Crippen LogP contribution in [-0.4, -0.2) is 32.4 Å². The van der Waals surface area contributed by atoms with Crippen LogP contribution >= 0.6 is 0 Å². The van der Waals surface area contributed by atoms with E-state index in [1.165, 1.54) is 0 Å². The van der Waals surface area contributed by atoms with Gasteiger partial charge in [0.2, 0.25) is 0 Å². The largest absolute Gasteiger partial charge is 0.374 e. The predicted octanol–water partition coefficient (Wildman–Crippen LogP) is -0.129. The Balaban J connectivity index is 2.47. The Hall–Kier alpha value is -0.200. The van der Waals surface area contributed by atoms with Crippen molar-refractivity contribution < 1.29 is 12.3 Å². The Morgan fingerprint density at radius 2 is 1.92 bits per heavy atom. The van der Waals surface area contributed by atoms with Crippen molar-refractivity contribution in [3.63, 3.8) is 0 Å². The first-order valence-electron chi connectivity index (χ1n) is 3.94. The van der Waals surface area contributed by atoms with E-state index in [2.05, 4.69) is 0 Å². The number of halogens is 1. The fraction of sp³-hybridized carbons (Fsp3) is 1.00. The molecule has 0 unspecified atom stereocenters. The summed E-state index contributed by atoms with van der Waals surface area (Å²) in [7, 11) is -4.47. The van der Waals surface area contributed by atoms with Crippen molar-refractivity contribution in [3.8, 4) is 0 Å². The molecule has 12 heavy (non-hydrogen) atoms. The summed E-state index contributed by atoms with van der Waals surface area (Å²) < 4.78 is 34.1. The molecule has 4 nitrogen and oxygen atoms in total. The average Bonchev–Trinajstić information content (AvgIpc) is 2.03. The molecular weight excluding hydrogens is 183 g/mol. The summed E-state index contributed by atoms with van der Waals surface area (Å²) in [4.78, 5) is 0. The van der Waals surface area contributed by atoms with E-state index in [0.29, 0.717) is 25.3 Å². The van der Waals surface area contributed by atoms with E-state index in [9.17, 15) is 12.3 Å². The third-order valence-corrected chi connectivity index (χ3v) is 3.20. The van der Waals surface area contributed by atoms with Crippen LogP contribution in [0.2, 0.25) is 0 Å². The first kappa shape index (κ1) is 9.88. The normalized spacial score (nSPS) is 22.8. The van der Waals surface area contributed by atoms with Gasteiger partial charge >= 0.3 is 10.4 Å². The third kappa shape index (κ3) is 2.40. The second-order valence-corrected chi connectivity index (χ2v) is 4.36. The summed E-state index contributed by atoms with van der Waals surface area (Å²) in [5.41, 5.74) is 5.40. The number of piperidine rings is 1. The quantitative estimate of drug-likeness (QED) is 0.626. The van der Waals surface area contributed by atoms with E-state index >= 15 is 0 Å². The van der Waals surface area contributed by atoms with Crippen LogP contribution in [0.5, 0.6) is 0 Å². The molecule has 0 aromatic carbocycles. The number of nitrogens with zero attached hydrogens (tertiary/aromatic N) is 1. The topological polar surface area (TPSA) is 63.4 Å². The Kier molecular flexibility index (Phi) is 3.03.